The summed E-state index contributed by atoms with van der Waals surface area (Å²) in [6, 6.07) is 23.7. The van der Waals surface area contributed by atoms with Gasteiger partial charge in [0.15, 0.2) is 5.76 Å². The fourth-order valence-corrected chi connectivity index (χ4v) is 4.32. The molecule has 0 unspecified atom stereocenters. The minimum atomic E-state index is 0.817. The topological polar surface area (TPSA) is 25.2 Å². The Morgan fingerprint density at radius 2 is 1.37 bits per heavy atom. The first kappa shape index (κ1) is 14.6. The van der Waals surface area contributed by atoms with E-state index in [4.69, 9.17) is 4.42 Å². The largest absolute Gasteiger partial charge is 0.454 e. The van der Waals surface area contributed by atoms with Gasteiger partial charge in [0.25, 0.3) is 0 Å². The number of fused-ring (bicyclic) bond motifs is 5. The van der Waals surface area contributed by atoms with Gasteiger partial charge in [-0.15, -0.1) is 0 Å². The average Bonchev–Trinajstić information content (AvgIpc) is 3.08. The smallest absolute Gasteiger partial charge is 0.159 e. The summed E-state index contributed by atoms with van der Waals surface area (Å²) in [6.07, 6.45) is 6.29. The quantitative estimate of drug-likeness (QED) is 0.388. The van der Waals surface area contributed by atoms with E-state index in [2.05, 4.69) is 90.3 Å². The zero-order chi connectivity index (χ0) is 17.8. The van der Waals surface area contributed by atoms with Crippen LogP contribution >= 0.6 is 0 Å². The molecule has 128 valence electrons. The van der Waals surface area contributed by atoms with E-state index >= 15 is 0 Å². The third kappa shape index (κ3) is 2.01. The van der Waals surface area contributed by atoms with Crippen LogP contribution < -0.4 is 5.32 Å². The van der Waals surface area contributed by atoms with Crippen LogP contribution in [0.2, 0.25) is 0 Å². The molecule has 2 aliphatic rings. The van der Waals surface area contributed by atoms with Crippen LogP contribution in [0.3, 0.4) is 0 Å². The number of furan rings is 1. The number of rotatable bonds is 1. The van der Waals surface area contributed by atoms with Crippen molar-refractivity contribution in [3.05, 3.63) is 90.7 Å². The van der Waals surface area contributed by atoms with Gasteiger partial charge in [-0.2, -0.15) is 0 Å². The summed E-state index contributed by atoms with van der Waals surface area (Å²) in [5, 5.41) is 4.66. The maximum atomic E-state index is 6.41. The van der Waals surface area contributed by atoms with Crippen LogP contribution in [0.25, 0.3) is 50.0 Å². The van der Waals surface area contributed by atoms with Crippen LogP contribution in [0.5, 0.6) is 0 Å². The predicted molar refractivity (Wildman–Crippen MR) is 111 cm³/mol. The minimum absolute atomic E-state index is 0.817. The lowest BCUT2D eigenvalue weighted by molar-refractivity contribution is 0.594. The number of nitrogens with one attached hydrogen (secondary N) is 1. The second kappa shape index (κ2) is 5.49. The van der Waals surface area contributed by atoms with Gasteiger partial charge in [-0.05, 0) is 40.0 Å². The van der Waals surface area contributed by atoms with Crippen molar-refractivity contribution < 1.29 is 4.42 Å². The van der Waals surface area contributed by atoms with Gasteiger partial charge < -0.3 is 9.73 Å². The van der Waals surface area contributed by atoms with Gasteiger partial charge in [0.1, 0.15) is 5.58 Å². The number of dihydropyridines is 1. The van der Waals surface area contributed by atoms with Crippen LogP contribution in [-0.2, 0) is 0 Å². The van der Waals surface area contributed by atoms with Gasteiger partial charge in [0, 0.05) is 17.5 Å². The molecule has 6 rings (SSSR count). The highest BCUT2D eigenvalue weighted by molar-refractivity contribution is 6.14. The monoisotopic (exact) mass is 347 g/mol. The van der Waals surface area contributed by atoms with E-state index in [1.807, 2.05) is 0 Å². The molecule has 27 heavy (non-hydrogen) atoms. The summed E-state index contributed by atoms with van der Waals surface area (Å²) >= 11 is 0. The summed E-state index contributed by atoms with van der Waals surface area (Å²) < 4.78 is 6.41. The average molecular weight is 347 g/mol. The van der Waals surface area contributed by atoms with Crippen molar-refractivity contribution in [3.8, 4) is 33.4 Å². The maximum absolute atomic E-state index is 6.41. The summed E-state index contributed by atoms with van der Waals surface area (Å²) in [5.74, 6) is 0.919. The van der Waals surface area contributed by atoms with Crippen molar-refractivity contribution in [1.82, 2.24) is 5.32 Å². The number of benzene rings is 3. The first-order valence-corrected chi connectivity index (χ1v) is 9.27. The van der Waals surface area contributed by atoms with Crippen molar-refractivity contribution in [3.63, 3.8) is 0 Å². The Balaban J connectivity index is 1.83. The summed E-state index contributed by atoms with van der Waals surface area (Å²) in [6.45, 7) is 0.817. The molecular formula is C25H17NO. The normalized spacial score (nSPS) is 14.1. The molecule has 2 heterocycles. The number of hydrogen-bond donors (Lipinski definition) is 1. The zero-order valence-corrected chi connectivity index (χ0v) is 14.7. The van der Waals surface area contributed by atoms with Gasteiger partial charge >= 0.3 is 0 Å². The molecule has 2 nitrogen and oxygen atoms in total. The minimum Gasteiger partial charge on any atom is -0.454 e. The van der Waals surface area contributed by atoms with Crippen LogP contribution in [0.4, 0.5) is 0 Å². The predicted octanol–water partition coefficient (Wildman–Crippen LogP) is 6.25. The van der Waals surface area contributed by atoms with Crippen molar-refractivity contribution in [2.75, 3.05) is 6.54 Å². The maximum Gasteiger partial charge on any atom is 0.159 e. The Kier molecular flexibility index (Phi) is 2.97. The molecule has 0 spiro atoms. The lowest BCUT2D eigenvalue weighted by atomic mass is 9.93. The molecule has 1 aliphatic heterocycles. The Morgan fingerprint density at radius 3 is 2.11 bits per heavy atom. The zero-order valence-electron chi connectivity index (χ0n) is 14.7. The third-order valence-electron chi connectivity index (χ3n) is 5.47. The van der Waals surface area contributed by atoms with E-state index in [-0.39, 0.29) is 0 Å². The van der Waals surface area contributed by atoms with Gasteiger partial charge in [0.05, 0.1) is 5.70 Å². The van der Waals surface area contributed by atoms with Crippen LogP contribution in [0.15, 0.2) is 89.4 Å². The molecular weight excluding hydrogens is 330 g/mol. The molecule has 0 atom stereocenters. The Morgan fingerprint density at radius 1 is 0.704 bits per heavy atom. The molecule has 0 fully saturated rings. The van der Waals surface area contributed by atoms with Gasteiger partial charge in [-0.25, -0.2) is 0 Å². The first-order chi connectivity index (χ1) is 13.4. The molecule has 2 heteroatoms. The molecule has 0 saturated heterocycles. The van der Waals surface area contributed by atoms with Gasteiger partial charge in [-0.1, -0.05) is 72.8 Å². The fraction of sp³-hybridized carbons (Fsp3) is 0.0400. The first-order valence-electron chi connectivity index (χ1n) is 9.27. The molecule has 0 amide bonds. The van der Waals surface area contributed by atoms with E-state index in [9.17, 15) is 0 Å². The highest BCUT2D eigenvalue weighted by atomic mass is 16.3. The molecule has 0 saturated carbocycles. The van der Waals surface area contributed by atoms with Crippen LogP contribution in [-0.4, -0.2) is 6.54 Å². The Labute approximate surface area is 157 Å². The number of hydrogen-bond acceptors (Lipinski definition) is 2. The van der Waals surface area contributed by atoms with Gasteiger partial charge in [-0.3, -0.25) is 0 Å². The summed E-state index contributed by atoms with van der Waals surface area (Å²) in [7, 11) is 0. The lowest BCUT2D eigenvalue weighted by Crippen LogP contribution is -2.14. The number of allylic oxidation sites excluding steroid dienone is 2. The summed E-state index contributed by atoms with van der Waals surface area (Å²) in [5.41, 5.74) is 9.39. The van der Waals surface area contributed by atoms with E-state index in [1.54, 1.807) is 0 Å². The second-order valence-electron chi connectivity index (χ2n) is 6.97. The van der Waals surface area contributed by atoms with E-state index < -0.39 is 0 Å². The van der Waals surface area contributed by atoms with Crippen molar-refractivity contribution in [2.24, 2.45) is 0 Å². The standard InChI is InChI=1S/C25H17NO/c1-2-9-17-16(8-1)18-10-3-4-11-20(18)24-23-19(17)12-7-14-22(23)27-25(24)21-13-5-6-15-26-21/h1-14,26H,15H2. The molecule has 4 aromatic rings. The third-order valence-corrected chi connectivity index (χ3v) is 5.47. The molecule has 0 bridgehead atoms. The fourth-order valence-electron chi connectivity index (χ4n) is 4.32. The van der Waals surface area contributed by atoms with E-state index in [0.717, 1.165) is 23.6 Å². The molecule has 1 aromatic heterocycles. The molecule has 3 aromatic carbocycles. The van der Waals surface area contributed by atoms with E-state index in [1.165, 1.54) is 38.8 Å². The SMILES string of the molecule is C1=CCNC(c2oc3cccc4c3c2-c2ccccc2-c2ccccc2-4)=C1. The van der Waals surface area contributed by atoms with Gasteiger partial charge in [0.2, 0.25) is 0 Å². The summed E-state index contributed by atoms with van der Waals surface area (Å²) in [4.78, 5) is 0. The molecule has 1 N–H and O–H groups in total. The van der Waals surface area contributed by atoms with Crippen molar-refractivity contribution in [2.45, 2.75) is 0 Å². The van der Waals surface area contributed by atoms with Crippen LogP contribution in [0.1, 0.15) is 5.76 Å². The molecule has 1 aliphatic carbocycles. The lowest BCUT2D eigenvalue weighted by Gasteiger charge is -2.13. The second-order valence-corrected chi connectivity index (χ2v) is 6.97. The molecule has 0 radical (unpaired) electrons. The van der Waals surface area contributed by atoms with Crippen molar-refractivity contribution in [1.29, 1.82) is 0 Å². The highest BCUT2D eigenvalue weighted by Gasteiger charge is 2.27. The Hall–Kier alpha value is -3.52. The highest BCUT2D eigenvalue weighted by Crippen LogP contribution is 2.50. The van der Waals surface area contributed by atoms with Crippen LogP contribution in [0, 0.1) is 0 Å². The Bertz CT molecular complexity index is 1270. The van der Waals surface area contributed by atoms with Crippen molar-refractivity contribution >= 4 is 16.7 Å². The van der Waals surface area contributed by atoms with E-state index in [0.29, 0.717) is 0 Å².